The third-order valence-corrected chi connectivity index (χ3v) is 4.07. The van der Waals surface area contributed by atoms with Gasteiger partial charge in [0.2, 0.25) is 0 Å². The molecule has 1 heterocycles. The van der Waals surface area contributed by atoms with Crippen LogP contribution >= 0.6 is 0 Å². The van der Waals surface area contributed by atoms with Crippen LogP contribution in [-0.4, -0.2) is 23.7 Å². The molecule has 2 rings (SSSR count). The second-order valence-corrected chi connectivity index (χ2v) is 5.84. The molecule has 1 aromatic heterocycles. The Hall–Kier alpha value is -1.52. The minimum absolute atomic E-state index is 0.271. The van der Waals surface area contributed by atoms with E-state index in [1.165, 1.54) is 32.1 Å². The Kier molecular flexibility index (Phi) is 5.04. The zero-order chi connectivity index (χ0) is 14.5. The molecule has 0 radical (unpaired) electrons. The number of guanidine groups is 1. The highest BCUT2D eigenvalue weighted by atomic mass is 16.5. The van der Waals surface area contributed by atoms with Crippen molar-refractivity contribution in [2.75, 3.05) is 6.54 Å². The van der Waals surface area contributed by atoms with E-state index < -0.39 is 0 Å². The lowest BCUT2D eigenvalue weighted by Gasteiger charge is -2.23. The molecular formula is C15H26N4O. The van der Waals surface area contributed by atoms with Crippen LogP contribution in [0.15, 0.2) is 9.52 Å². The molecule has 1 aliphatic rings. The molecule has 20 heavy (non-hydrogen) atoms. The molecule has 0 aliphatic heterocycles. The zero-order valence-corrected chi connectivity index (χ0v) is 12.8. The molecule has 1 fully saturated rings. The summed E-state index contributed by atoms with van der Waals surface area (Å²) in [7, 11) is 0. The molecule has 1 saturated carbocycles. The van der Waals surface area contributed by atoms with Gasteiger partial charge in [-0.25, -0.2) is 0 Å². The Morgan fingerprint density at radius 3 is 2.70 bits per heavy atom. The maximum atomic E-state index is 5.98. The van der Waals surface area contributed by atoms with Gasteiger partial charge in [-0.3, -0.25) is 4.99 Å². The van der Waals surface area contributed by atoms with Gasteiger partial charge in [-0.2, -0.15) is 0 Å². The fourth-order valence-electron chi connectivity index (χ4n) is 3.02. The van der Waals surface area contributed by atoms with E-state index in [1.54, 1.807) is 0 Å². The molecule has 0 bridgehead atoms. The van der Waals surface area contributed by atoms with Gasteiger partial charge in [0.1, 0.15) is 5.76 Å². The lowest BCUT2D eigenvalue weighted by molar-refractivity contribution is 0.391. The van der Waals surface area contributed by atoms with Gasteiger partial charge in [0.05, 0.1) is 5.69 Å². The Morgan fingerprint density at radius 2 is 2.10 bits per heavy atom. The van der Waals surface area contributed by atoms with Crippen molar-refractivity contribution >= 4 is 5.96 Å². The summed E-state index contributed by atoms with van der Waals surface area (Å²) in [6.07, 6.45) is 6.34. The monoisotopic (exact) mass is 278 g/mol. The third-order valence-electron chi connectivity index (χ3n) is 4.07. The number of nitrogens with zero attached hydrogens (tertiary/aromatic N) is 2. The molecule has 112 valence electrons. The lowest BCUT2D eigenvalue weighted by Crippen LogP contribution is -2.41. The second-order valence-electron chi connectivity index (χ2n) is 5.84. The van der Waals surface area contributed by atoms with Crippen LogP contribution in [0.25, 0.3) is 0 Å². The van der Waals surface area contributed by atoms with E-state index in [2.05, 4.69) is 22.4 Å². The van der Waals surface area contributed by atoms with Gasteiger partial charge in [0.15, 0.2) is 5.96 Å². The molecule has 0 spiro atoms. The number of aromatic nitrogens is 1. The number of nitrogens with two attached hydrogens (primary N) is 1. The predicted octanol–water partition coefficient (Wildman–Crippen LogP) is 2.63. The van der Waals surface area contributed by atoms with Crippen LogP contribution in [0.4, 0.5) is 0 Å². The Balaban J connectivity index is 1.87. The quantitative estimate of drug-likeness (QED) is 0.655. The van der Waals surface area contributed by atoms with Gasteiger partial charge in [-0.05, 0) is 26.7 Å². The smallest absolute Gasteiger partial charge is 0.188 e. The fourth-order valence-corrected chi connectivity index (χ4v) is 3.02. The van der Waals surface area contributed by atoms with Gasteiger partial charge in [-0.1, -0.05) is 31.3 Å². The molecule has 5 heteroatoms. The summed E-state index contributed by atoms with van der Waals surface area (Å²) in [5.74, 6) is 1.72. The minimum atomic E-state index is 0.271. The number of aliphatic imine (C=N–C) groups is 1. The van der Waals surface area contributed by atoms with Gasteiger partial charge in [-0.15, -0.1) is 0 Å². The first-order valence-corrected chi connectivity index (χ1v) is 7.57. The van der Waals surface area contributed by atoms with Crippen molar-refractivity contribution in [3.05, 3.63) is 17.0 Å². The predicted molar refractivity (Wildman–Crippen MR) is 80.9 cm³/mol. The van der Waals surface area contributed by atoms with Crippen molar-refractivity contribution in [3.63, 3.8) is 0 Å². The molecule has 0 amide bonds. The first kappa shape index (κ1) is 14.9. The first-order valence-electron chi connectivity index (χ1n) is 7.57. The van der Waals surface area contributed by atoms with Crippen LogP contribution in [0.1, 0.15) is 62.0 Å². The average molecular weight is 278 g/mol. The Bertz CT molecular complexity index is 441. The van der Waals surface area contributed by atoms with Crippen LogP contribution in [0.2, 0.25) is 0 Å². The van der Waals surface area contributed by atoms with E-state index in [9.17, 15) is 0 Å². The molecule has 3 N–H and O–H groups in total. The van der Waals surface area contributed by atoms with Crippen molar-refractivity contribution in [1.82, 2.24) is 10.5 Å². The summed E-state index contributed by atoms with van der Waals surface area (Å²) in [5.41, 5.74) is 8.08. The number of nitrogens with one attached hydrogen (secondary N) is 1. The summed E-state index contributed by atoms with van der Waals surface area (Å²) >= 11 is 0. The highest BCUT2D eigenvalue weighted by molar-refractivity contribution is 5.78. The first-order chi connectivity index (χ1) is 9.58. The van der Waals surface area contributed by atoms with Crippen LogP contribution in [0, 0.1) is 13.8 Å². The summed E-state index contributed by atoms with van der Waals surface area (Å²) in [6, 6.07) is 0.502. The minimum Gasteiger partial charge on any atom is -0.370 e. The van der Waals surface area contributed by atoms with Gasteiger partial charge >= 0.3 is 0 Å². The Labute approximate surface area is 121 Å². The molecule has 0 aromatic carbocycles. The molecule has 1 unspecified atom stereocenters. The standard InChI is InChI=1S/C15H26N4O/c1-10(14-11(2)19-20-12(14)3)9-17-15(16)18-13-7-5-4-6-8-13/h10,13H,4-9H2,1-3H3,(H3,16,17,18). The van der Waals surface area contributed by atoms with Gasteiger partial charge in [0, 0.05) is 24.1 Å². The molecule has 1 atom stereocenters. The van der Waals surface area contributed by atoms with E-state index in [1.807, 2.05) is 13.8 Å². The number of hydrogen-bond donors (Lipinski definition) is 2. The lowest BCUT2D eigenvalue weighted by atomic mass is 9.96. The van der Waals surface area contributed by atoms with Crippen molar-refractivity contribution in [2.24, 2.45) is 10.7 Å². The molecule has 0 saturated heterocycles. The maximum Gasteiger partial charge on any atom is 0.188 e. The van der Waals surface area contributed by atoms with E-state index in [0.29, 0.717) is 18.5 Å². The van der Waals surface area contributed by atoms with E-state index in [4.69, 9.17) is 10.3 Å². The van der Waals surface area contributed by atoms with E-state index >= 15 is 0 Å². The Morgan fingerprint density at radius 1 is 1.40 bits per heavy atom. The summed E-state index contributed by atoms with van der Waals surface area (Å²) in [5, 5.41) is 7.32. The van der Waals surface area contributed by atoms with Crippen molar-refractivity contribution in [2.45, 2.75) is 64.8 Å². The van der Waals surface area contributed by atoms with Crippen LogP contribution in [0.5, 0.6) is 0 Å². The topological polar surface area (TPSA) is 76.4 Å². The molecule has 1 aliphatic carbocycles. The third kappa shape index (κ3) is 3.74. The SMILES string of the molecule is Cc1noc(C)c1C(C)CN=C(N)NC1CCCCC1. The van der Waals surface area contributed by atoms with Crippen molar-refractivity contribution < 1.29 is 4.52 Å². The molecule has 1 aromatic rings. The summed E-state index contributed by atoms with van der Waals surface area (Å²) in [4.78, 5) is 4.47. The largest absolute Gasteiger partial charge is 0.370 e. The molecule has 5 nitrogen and oxygen atoms in total. The molecular weight excluding hydrogens is 252 g/mol. The second kappa shape index (κ2) is 6.77. The van der Waals surface area contributed by atoms with Crippen molar-refractivity contribution in [1.29, 1.82) is 0 Å². The fraction of sp³-hybridized carbons (Fsp3) is 0.733. The number of hydrogen-bond acceptors (Lipinski definition) is 3. The van der Waals surface area contributed by atoms with Crippen molar-refractivity contribution in [3.8, 4) is 0 Å². The summed E-state index contributed by atoms with van der Waals surface area (Å²) in [6.45, 7) is 6.70. The number of rotatable bonds is 4. The zero-order valence-electron chi connectivity index (χ0n) is 12.8. The average Bonchev–Trinajstić information content (AvgIpc) is 2.77. The van der Waals surface area contributed by atoms with Crippen LogP contribution in [-0.2, 0) is 0 Å². The van der Waals surface area contributed by atoms with E-state index in [0.717, 1.165) is 17.0 Å². The summed E-state index contributed by atoms with van der Waals surface area (Å²) < 4.78 is 5.20. The number of aryl methyl sites for hydroxylation is 2. The highest BCUT2D eigenvalue weighted by Crippen LogP contribution is 2.23. The van der Waals surface area contributed by atoms with Gasteiger partial charge < -0.3 is 15.6 Å². The van der Waals surface area contributed by atoms with Crippen LogP contribution < -0.4 is 11.1 Å². The highest BCUT2D eigenvalue weighted by Gasteiger charge is 2.17. The van der Waals surface area contributed by atoms with Crippen LogP contribution in [0.3, 0.4) is 0 Å². The van der Waals surface area contributed by atoms with E-state index in [-0.39, 0.29) is 5.92 Å². The van der Waals surface area contributed by atoms with Gasteiger partial charge in [0.25, 0.3) is 0 Å². The maximum absolute atomic E-state index is 5.98. The normalized spacial score (nSPS) is 19.1.